The molecule has 0 N–H and O–H groups in total. The van der Waals surface area contributed by atoms with Crippen LogP contribution in [0.1, 0.15) is 12.0 Å². The fourth-order valence-corrected chi connectivity index (χ4v) is 4.30. The van der Waals surface area contributed by atoms with Crippen LogP contribution >= 0.6 is 0 Å². The molecule has 0 atom stereocenters. The van der Waals surface area contributed by atoms with Crippen molar-refractivity contribution in [1.29, 1.82) is 0 Å². The summed E-state index contributed by atoms with van der Waals surface area (Å²) in [4.78, 5) is 4.70. The maximum atomic E-state index is 11.7. The number of rotatable bonds is 5. The smallest absolute Gasteiger partial charge is 0.211 e. The zero-order chi connectivity index (χ0) is 20.6. The van der Waals surface area contributed by atoms with Crippen LogP contribution in [0.25, 0.3) is 22.5 Å². The summed E-state index contributed by atoms with van der Waals surface area (Å²) in [5, 5.41) is 0. The number of nitrogens with zero attached hydrogens (tertiary/aromatic N) is 3. The molecule has 1 aliphatic heterocycles. The molecule has 7 nitrogen and oxygen atoms in total. The highest BCUT2D eigenvalue weighted by molar-refractivity contribution is 7.88. The minimum atomic E-state index is -3.15. The molecule has 3 aromatic rings. The molecule has 0 unspecified atom stereocenters. The van der Waals surface area contributed by atoms with Gasteiger partial charge in [0.05, 0.1) is 26.2 Å². The van der Waals surface area contributed by atoms with Gasteiger partial charge in [-0.3, -0.25) is 0 Å². The Morgan fingerprint density at radius 3 is 2.41 bits per heavy atom. The van der Waals surface area contributed by atoms with Crippen LogP contribution in [0.15, 0.2) is 48.8 Å². The number of pyridine rings is 1. The van der Waals surface area contributed by atoms with E-state index in [1.807, 2.05) is 53.2 Å². The Balaban J connectivity index is 1.64. The van der Waals surface area contributed by atoms with Gasteiger partial charge < -0.3 is 13.9 Å². The number of sulfonamides is 1. The molecule has 0 fully saturated rings. The largest absolute Gasteiger partial charge is 0.493 e. The number of aromatic nitrogens is 2. The molecule has 152 valence electrons. The van der Waals surface area contributed by atoms with Gasteiger partial charge in [0.2, 0.25) is 10.0 Å². The van der Waals surface area contributed by atoms with Gasteiger partial charge in [-0.15, -0.1) is 0 Å². The zero-order valence-electron chi connectivity index (χ0n) is 16.6. The van der Waals surface area contributed by atoms with Crippen molar-refractivity contribution in [3.05, 3.63) is 54.4 Å². The van der Waals surface area contributed by atoms with Crippen molar-refractivity contribution >= 4 is 21.2 Å². The highest BCUT2D eigenvalue weighted by Gasteiger charge is 2.20. The quantitative estimate of drug-likeness (QED) is 0.643. The third-order valence-corrected chi connectivity index (χ3v) is 6.41. The number of benzene rings is 1. The van der Waals surface area contributed by atoms with E-state index in [9.17, 15) is 8.42 Å². The number of hydrogen-bond acceptors (Lipinski definition) is 5. The van der Waals surface area contributed by atoms with Gasteiger partial charge >= 0.3 is 0 Å². The predicted octanol–water partition coefficient (Wildman–Crippen LogP) is 3.07. The molecule has 29 heavy (non-hydrogen) atoms. The fraction of sp³-hybridized carbons (Fsp3) is 0.286. The topological polar surface area (TPSA) is 73.1 Å². The van der Waals surface area contributed by atoms with E-state index in [-0.39, 0.29) is 0 Å². The standard InChI is InChI=1S/C21H23N3O4S/c1-27-19-6-4-16(12-20(19)28-2)18-14-23-13-17(5-7-21(23)22-18)15-8-10-24(11-9-15)29(3,25)26/h4-8,12-14H,9-11H2,1-3H3. The van der Waals surface area contributed by atoms with Gasteiger partial charge in [-0.2, -0.15) is 4.31 Å². The summed E-state index contributed by atoms with van der Waals surface area (Å²) in [5.74, 6) is 1.33. The SMILES string of the molecule is COc1ccc(-c2cn3cc(C4=CCN(S(C)(=O)=O)CC4)ccc3n2)cc1OC. The minimum Gasteiger partial charge on any atom is -0.493 e. The first-order valence-corrected chi connectivity index (χ1v) is 11.1. The molecule has 0 amide bonds. The molecule has 1 aromatic carbocycles. The minimum absolute atomic E-state index is 0.410. The Hall–Kier alpha value is -2.84. The van der Waals surface area contributed by atoms with E-state index in [2.05, 4.69) is 0 Å². The number of fused-ring (bicyclic) bond motifs is 1. The fourth-order valence-electron chi connectivity index (χ4n) is 3.53. The van der Waals surface area contributed by atoms with E-state index < -0.39 is 10.0 Å². The second-order valence-corrected chi connectivity index (χ2v) is 8.96. The van der Waals surface area contributed by atoms with Gasteiger partial charge in [-0.05, 0) is 47.9 Å². The van der Waals surface area contributed by atoms with Crippen molar-refractivity contribution in [2.45, 2.75) is 6.42 Å². The average Bonchev–Trinajstić information content (AvgIpc) is 3.16. The first-order chi connectivity index (χ1) is 13.9. The van der Waals surface area contributed by atoms with E-state index in [1.165, 1.54) is 10.6 Å². The van der Waals surface area contributed by atoms with Crippen molar-refractivity contribution < 1.29 is 17.9 Å². The molecular formula is C21H23N3O4S. The number of imidazole rings is 1. The molecule has 0 saturated heterocycles. The molecule has 8 heteroatoms. The third kappa shape index (κ3) is 3.86. The van der Waals surface area contributed by atoms with Crippen LogP contribution in [0.4, 0.5) is 0 Å². The van der Waals surface area contributed by atoms with Crippen LogP contribution < -0.4 is 9.47 Å². The summed E-state index contributed by atoms with van der Waals surface area (Å²) in [6.07, 6.45) is 7.94. The van der Waals surface area contributed by atoms with Crippen molar-refractivity contribution in [3.8, 4) is 22.8 Å². The molecule has 3 heterocycles. The van der Waals surface area contributed by atoms with Gasteiger partial charge in [0, 0.05) is 31.0 Å². The van der Waals surface area contributed by atoms with E-state index in [4.69, 9.17) is 14.5 Å². The van der Waals surface area contributed by atoms with Crippen LogP contribution in [0.5, 0.6) is 11.5 Å². The highest BCUT2D eigenvalue weighted by atomic mass is 32.2. The lowest BCUT2D eigenvalue weighted by atomic mass is 10.0. The first-order valence-electron chi connectivity index (χ1n) is 9.25. The second kappa shape index (κ2) is 7.53. The molecule has 0 radical (unpaired) electrons. The van der Waals surface area contributed by atoms with Crippen molar-refractivity contribution in [3.63, 3.8) is 0 Å². The lowest BCUT2D eigenvalue weighted by molar-refractivity contribution is 0.355. The number of hydrogen-bond donors (Lipinski definition) is 0. The van der Waals surface area contributed by atoms with Crippen LogP contribution in [-0.2, 0) is 10.0 Å². The van der Waals surface area contributed by atoms with Crippen LogP contribution in [0.2, 0.25) is 0 Å². The van der Waals surface area contributed by atoms with Gasteiger partial charge in [-0.25, -0.2) is 13.4 Å². The Morgan fingerprint density at radius 1 is 1.00 bits per heavy atom. The maximum absolute atomic E-state index is 11.7. The van der Waals surface area contributed by atoms with Gasteiger partial charge in [0.25, 0.3) is 0 Å². The van der Waals surface area contributed by atoms with Crippen LogP contribution in [-0.4, -0.2) is 55.7 Å². The summed E-state index contributed by atoms with van der Waals surface area (Å²) in [5.41, 5.74) is 4.83. The maximum Gasteiger partial charge on any atom is 0.211 e. The zero-order valence-corrected chi connectivity index (χ0v) is 17.4. The van der Waals surface area contributed by atoms with Crippen LogP contribution in [0, 0.1) is 0 Å². The highest BCUT2D eigenvalue weighted by Crippen LogP contribution is 2.32. The summed E-state index contributed by atoms with van der Waals surface area (Å²) in [6.45, 7) is 0.913. The summed E-state index contributed by atoms with van der Waals surface area (Å²) < 4.78 is 37.6. The van der Waals surface area contributed by atoms with Gasteiger partial charge in [0.1, 0.15) is 5.65 Å². The Bertz CT molecular complexity index is 1200. The summed E-state index contributed by atoms with van der Waals surface area (Å²) in [6, 6.07) is 9.73. The van der Waals surface area contributed by atoms with Crippen molar-refractivity contribution in [2.75, 3.05) is 33.6 Å². The lowest BCUT2D eigenvalue weighted by Gasteiger charge is -2.24. The normalized spacial score (nSPS) is 15.3. The van der Waals surface area contributed by atoms with Crippen molar-refractivity contribution in [1.82, 2.24) is 13.7 Å². The second-order valence-electron chi connectivity index (χ2n) is 6.98. The lowest BCUT2D eigenvalue weighted by Crippen LogP contribution is -2.33. The van der Waals surface area contributed by atoms with E-state index in [1.54, 1.807) is 14.2 Å². The summed E-state index contributed by atoms with van der Waals surface area (Å²) in [7, 11) is 0.0717. The number of ether oxygens (including phenoxy) is 2. The Labute approximate surface area is 170 Å². The van der Waals surface area contributed by atoms with Crippen LogP contribution in [0.3, 0.4) is 0 Å². The van der Waals surface area contributed by atoms with E-state index in [0.717, 1.165) is 28.0 Å². The monoisotopic (exact) mass is 413 g/mol. The third-order valence-electron chi connectivity index (χ3n) is 5.14. The molecule has 0 saturated carbocycles. The Morgan fingerprint density at radius 2 is 1.76 bits per heavy atom. The Kier molecular flexibility index (Phi) is 5.06. The predicted molar refractivity (Wildman–Crippen MR) is 113 cm³/mol. The van der Waals surface area contributed by atoms with E-state index in [0.29, 0.717) is 31.0 Å². The molecule has 0 aliphatic carbocycles. The molecule has 0 spiro atoms. The van der Waals surface area contributed by atoms with E-state index >= 15 is 0 Å². The summed E-state index contributed by atoms with van der Waals surface area (Å²) >= 11 is 0. The van der Waals surface area contributed by atoms with Gasteiger partial charge in [-0.1, -0.05) is 6.08 Å². The molecule has 0 bridgehead atoms. The van der Waals surface area contributed by atoms with Gasteiger partial charge in [0.15, 0.2) is 11.5 Å². The average molecular weight is 413 g/mol. The first kappa shape index (κ1) is 19.5. The molecule has 2 aromatic heterocycles. The molecule has 4 rings (SSSR count). The van der Waals surface area contributed by atoms with Crippen molar-refractivity contribution in [2.24, 2.45) is 0 Å². The number of methoxy groups -OCH3 is 2. The molecular weight excluding hydrogens is 390 g/mol. The molecule has 1 aliphatic rings.